The predicted molar refractivity (Wildman–Crippen MR) is 63.9 cm³/mol. The fourth-order valence-electron chi connectivity index (χ4n) is 3.25. The van der Waals surface area contributed by atoms with Crippen LogP contribution in [0.1, 0.15) is 32.1 Å². The second kappa shape index (κ2) is 4.81. The first-order chi connectivity index (χ1) is 7.16. The Kier molecular flexibility index (Phi) is 3.65. The van der Waals surface area contributed by atoms with Crippen molar-refractivity contribution in [2.24, 2.45) is 5.73 Å². The molecule has 3 nitrogen and oxygen atoms in total. The van der Waals surface area contributed by atoms with Crippen molar-refractivity contribution in [1.29, 1.82) is 0 Å². The van der Waals surface area contributed by atoms with Gasteiger partial charge in [-0.1, -0.05) is 0 Å². The largest absolute Gasteiger partial charge is 0.328 e. The first-order valence-corrected chi connectivity index (χ1v) is 6.33. The van der Waals surface area contributed by atoms with E-state index in [1.807, 2.05) is 0 Å². The zero-order valence-electron chi connectivity index (χ0n) is 10.2. The van der Waals surface area contributed by atoms with Crippen molar-refractivity contribution in [3.05, 3.63) is 0 Å². The van der Waals surface area contributed by atoms with Crippen molar-refractivity contribution in [3.63, 3.8) is 0 Å². The highest BCUT2D eigenvalue weighted by molar-refractivity contribution is 4.96. The molecule has 0 aromatic carbocycles. The Morgan fingerprint density at radius 2 is 1.80 bits per heavy atom. The summed E-state index contributed by atoms with van der Waals surface area (Å²) >= 11 is 0. The summed E-state index contributed by atoms with van der Waals surface area (Å²) < 4.78 is 0. The van der Waals surface area contributed by atoms with E-state index < -0.39 is 0 Å². The molecule has 2 aliphatic rings. The Labute approximate surface area is 93.6 Å². The lowest BCUT2D eigenvalue weighted by Crippen LogP contribution is -2.47. The molecule has 2 atom stereocenters. The first kappa shape index (κ1) is 11.4. The Bertz CT molecular complexity index is 191. The summed E-state index contributed by atoms with van der Waals surface area (Å²) in [6.07, 6.45) is 6.55. The second-order valence-electron chi connectivity index (χ2n) is 5.51. The minimum Gasteiger partial charge on any atom is -0.328 e. The quantitative estimate of drug-likeness (QED) is 0.749. The maximum Gasteiger partial charge on any atom is 0.0113 e. The number of piperidine rings is 1. The molecule has 0 aliphatic carbocycles. The Balaban J connectivity index is 1.78. The fraction of sp³-hybridized carbons (Fsp3) is 1.00. The van der Waals surface area contributed by atoms with Crippen LogP contribution in [0.25, 0.3) is 0 Å². The van der Waals surface area contributed by atoms with E-state index in [2.05, 4.69) is 23.9 Å². The molecule has 2 saturated heterocycles. The maximum absolute atomic E-state index is 6.06. The van der Waals surface area contributed by atoms with Crippen molar-refractivity contribution in [2.45, 2.75) is 50.2 Å². The van der Waals surface area contributed by atoms with Gasteiger partial charge in [0.2, 0.25) is 0 Å². The molecule has 3 heteroatoms. The monoisotopic (exact) mass is 211 g/mol. The van der Waals surface area contributed by atoms with Gasteiger partial charge < -0.3 is 10.6 Å². The van der Waals surface area contributed by atoms with Gasteiger partial charge in [0.25, 0.3) is 0 Å². The highest BCUT2D eigenvalue weighted by Crippen LogP contribution is 2.34. The van der Waals surface area contributed by atoms with Crippen molar-refractivity contribution in [3.8, 4) is 0 Å². The van der Waals surface area contributed by atoms with Crippen molar-refractivity contribution < 1.29 is 0 Å². The van der Waals surface area contributed by atoms with Crippen molar-refractivity contribution in [2.75, 3.05) is 27.2 Å². The van der Waals surface area contributed by atoms with Crippen LogP contribution in [0.15, 0.2) is 0 Å². The highest BCUT2D eigenvalue weighted by Gasteiger charge is 2.38. The van der Waals surface area contributed by atoms with Gasteiger partial charge in [0.15, 0.2) is 0 Å². The predicted octanol–water partition coefficient (Wildman–Crippen LogP) is 0.892. The molecule has 88 valence electrons. The van der Waals surface area contributed by atoms with Crippen LogP contribution in [0, 0.1) is 0 Å². The van der Waals surface area contributed by atoms with Gasteiger partial charge in [-0.15, -0.1) is 0 Å². The highest BCUT2D eigenvalue weighted by atomic mass is 15.2. The maximum atomic E-state index is 6.06. The van der Waals surface area contributed by atoms with E-state index in [-0.39, 0.29) is 0 Å². The van der Waals surface area contributed by atoms with Gasteiger partial charge in [0, 0.05) is 18.1 Å². The van der Waals surface area contributed by atoms with Crippen LogP contribution in [-0.2, 0) is 0 Å². The van der Waals surface area contributed by atoms with Gasteiger partial charge in [0.1, 0.15) is 0 Å². The Morgan fingerprint density at radius 3 is 2.33 bits per heavy atom. The standard InChI is InChI=1S/C12H25N3/c1-14(2)6-3-7-15-11-4-5-12(15)9-10(13)8-11/h10-12H,3-9,13H2,1-2H3. The molecule has 15 heavy (non-hydrogen) atoms. The number of nitrogens with two attached hydrogens (primary N) is 1. The number of hydrogen-bond donors (Lipinski definition) is 1. The zero-order valence-corrected chi connectivity index (χ0v) is 10.2. The normalized spacial score (nSPS) is 36.4. The lowest BCUT2D eigenvalue weighted by molar-refractivity contribution is 0.123. The Morgan fingerprint density at radius 1 is 1.20 bits per heavy atom. The van der Waals surface area contributed by atoms with E-state index in [9.17, 15) is 0 Å². The topological polar surface area (TPSA) is 32.5 Å². The average Bonchev–Trinajstić information content (AvgIpc) is 2.42. The van der Waals surface area contributed by atoms with Crippen molar-refractivity contribution >= 4 is 0 Å². The summed E-state index contributed by atoms with van der Waals surface area (Å²) in [7, 11) is 4.31. The van der Waals surface area contributed by atoms with Crippen LogP contribution in [0.5, 0.6) is 0 Å². The molecule has 2 rings (SSSR count). The van der Waals surface area contributed by atoms with E-state index in [1.165, 1.54) is 45.2 Å². The molecule has 0 radical (unpaired) electrons. The molecular weight excluding hydrogens is 186 g/mol. The molecule has 2 aliphatic heterocycles. The van der Waals surface area contributed by atoms with Gasteiger partial charge in [-0.25, -0.2) is 0 Å². The van der Waals surface area contributed by atoms with E-state index in [0.717, 1.165) is 12.1 Å². The van der Waals surface area contributed by atoms with Crippen LogP contribution in [-0.4, -0.2) is 55.1 Å². The fourth-order valence-corrected chi connectivity index (χ4v) is 3.25. The van der Waals surface area contributed by atoms with Crippen LogP contribution in [0.2, 0.25) is 0 Å². The van der Waals surface area contributed by atoms with E-state index >= 15 is 0 Å². The molecule has 2 bridgehead atoms. The van der Waals surface area contributed by atoms with Gasteiger partial charge in [-0.3, -0.25) is 4.90 Å². The average molecular weight is 211 g/mol. The van der Waals surface area contributed by atoms with Gasteiger partial charge >= 0.3 is 0 Å². The lowest BCUT2D eigenvalue weighted by Gasteiger charge is -2.37. The smallest absolute Gasteiger partial charge is 0.0113 e. The number of nitrogens with zero attached hydrogens (tertiary/aromatic N) is 2. The third-order valence-corrected chi connectivity index (χ3v) is 3.94. The molecule has 2 fully saturated rings. The molecule has 2 N–H and O–H groups in total. The summed E-state index contributed by atoms with van der Waals surface area (Å²) in [4.78, 5) is 5.00. The molecular formula is C12H25N3. The first-order valence-electron chi connectivity index (χ1n) is 6.33. The number of rotatable bonds is 4. The minimum absolute atomic E-state index is 0.479. The van der Waals surface area contributed by atoms with E-state index in [0.29, 0.717) is 6.04 Å². The molecule has 0 aromatic heterocycles. The minimum atomic E-state index is 0.479. The summed E-state index contributed by atoms with van der Waals surface area (Å²) in [6, 6.07) is 2.09. The van der Waals surface area contributed by atoms with Gasteiger partial charge in [0.05, 0.1) is 0 Å². The third kappa shape index (κ3) is 2.71. The summed E-state index contributed by atoms with van der Waals surface area (Å²) in [5.74, 6) is 0. The van der Waals surface area contributed by atoms with Crippen LogP contribution in [0.4, 0.5) is 0 Å². The summed E-state index contributed by atoms with van der Waals surface area (Å²) in [5, 5.41) is 0. The van der Waals surface area contributed by atoms with Crippen molar-refractivity contribution in [1.82, 2.24) is 9.80 Å². The van der Waals surface area contributed by atoms with Crippen LogP contribution >= 0.6 is 0 Å². The molecule has 2 unspecified atom stereocenters. The lowest BCUT2D eigenvalue weighted by atomic mass is 9.98. The van der Waals surface area contributed by atoms with Gasteiger partial charge in [-0.05, 0) is 59.3 Å². The molecule has 0 aromatic rings. The summed E-state index contributed by atoms with van der Waals surface area (Å²) in [6.45, 7) is 2.49. The SMILES string of the molecule is CN(C)CCCN1C2CCC1CC(N)C2. The molecule has 0 spiro atoms. The molecule has 2 heterocycles. The van der Waals surface area contributed by atoms with E-state index in [1.54, 1.807) is 0 Å². The van der Waals surface area contributed by atoms with E-state index in [4.69, 9.17) is 5.73 Å². The zero-order chi connectivity index (χ0) is 10.8. The number of hydrogen-bond acceptors (Lipinski definition) is 3. The number of fused-ring (bicyclic) bond motifs is 2. The molecule has 0 saturated carbocycles. The van der Waals surface area contributed by atoms with Gasteiger partial charge in [-0.2, -0.15) is 0 Å². The van der Waals surface area contributed by atoms with Crippen LogP contribution < -0.4 is 5.73 Å². The molecule has 0 amide bonds. The van der Waals surface area contributed by atoms with Crippen LogP contribution in [0.3, 0.4) is 0 Å². The second-order valence-corrected chi connectivity index (χ2v) is 5.51. The summed E-state index contributed by atoms with van der Waals surface area (Å²) in [5.41, 5.74) is 6.06. The third-order valence-electron chi connectivity index (χ3n) is 3.94. The Hall–Kier alpha value is -0.120.